The molecule has 2 heterocycles. The van der Waals surface area contributed by atoms with Crippen molar-refractivity contribution < 1.29 is 4.74 Å². The minimum atomic E-state index is 0.412. The largest absolute Gasteiger partial charge is 0.492 e. The summed E-state index contributed by atoms with van der Waals surface area (Å²) in [6.45, 7) is 2.51. The van der Waals surface area contributed by atoms with Crippen molar-refractivity contribution in [1.82, 2.24) is 15.0 Å². The number of fused-ring (bicyclic) bond motifs is 1. The van der Waals surface area contributed by atoms with Crippen molar-refractivity contribution in [3.63, 3.8) is 0 Å². The first-order valence-electron chi connectivity index (χ1n) is 8.96. The number of nitrogens with zero attached hydrogens (tertiary/aromatic N) is 3. The molecule has 28 heavy (non-hydrogen) atoms. The predicted molar refractivity (Wildman–Crippen MR) is 112 cm³/mol. The molecule has 0 aliphatic rings. The highest BCUT2D eigenvalue weighted by atomic mass is 16.5. The fraction of sp³-hybridized carbons (Fsp3) is 0.0952. The van der Waals surface area contributed by atoms with Crippen molar-refractivity contribution in [1.29, 1.82) is 0 Å². The Morgan fingerprint density at radius 3 is 2.43 bits per heavy atom. The number of ether oxygens (including phenoxy) is 1. The van der Waals surface area contributed by atoms with Crippen LogP contribution in [0.1, 0.15) is 6.92 Å². The van der Waals surface area contributed by atoms with E-state index in [0.29, 0.717) is 23.9 Å². The SMILES string of the molecule is CCOc1ccccc1Nc1ncnc(Nc2cccc3ncccc23)c1N. The van der Waals surface area contributed by atoms with E-state index < -0.39 is 0 Å². The summed E-state index contributed by atoms with van der Waals surface area (Å²) in [7, 11) is 0. The minimum Gasteiger partial charge on any atom is -0.492 e. The summed E-state index contributed by atoms with van der Waals surface area (Å²) < 4.78 is 5.65. The third-order valence-electron chi connectivity index (χ3n) is 4.22. The molecule has 0 aliphatic carbocycles. The zero-order valence-corrected chi connectivity index (χ0v) is 15.4. The second-order valence-corrected chi connectivity index (χ2v) is 6.04. The van der Waals surface area contributed by atoms with Crippen LogP contribution in [-0.2, 0) is 0 Å². The number of nitrogen functional groups attached to an aromatic ring is 1. The number of para-hydroxylation sites is 2. The van der Waals surface area contributed by atoms with Crippen LogP contribution in [0.5, 0.6) is 5.75 Å². The third-order valence-corrected chi connectivity index (χ3v) is 4.22. The average molecular weight is 372 g/mol. The lowest BCUT2D eigenvalue weighted by molar-refractivity contribution is 0.342. The molecule has 7 heteroatoms. The first-order valence-corrected chi connectivity index (χ1v) is 8.96. The van der Waals surface area contributed by atoms with Crippen molar-refractivity contribution in [2.45, 2.75) is 6.92 Å². The predicted octanol–water partition coefficient (Wildman–Crippen LogP) is 4.49. The van der Waals surface area contributed by atoms with E-state index in [0.717, 1.165) is 28.0 Å². The van der Waals surface area contributed by atoms with Crippen LogP contribution < -0.4 is 21.1 Å². The third kappa shape index (κ3) is 3.50. The number of rotatable bonds is 6. The van der Waals surface area contributed by atoms with Gasteiger partial charge in [-0.25, -0.2) is 9.97 Å². The van der Waals surface area contributed by atoms with E-state index in [-0.39, 0.29) is 0 Å². The van der Waals surface area contributed by atoms with E-state index in [9.17, 15) is 0 Å². The lowest BCUT2D eigenvalue weighted by Gasteiger charge is -2.15. The molecule has 0 saturated carbocycles. The van der Waals surface area contributed by atoms with Gasteiger partial charge in [0.2, 0.25) is 0 Å². The minimum absolute atomic E-state index is 0.412. The van der Waals surface area contributed by atoms with Crippen LogP contribution in [-0.4, -0.2) is 21.6 Å². The molecule has 0 atom stereocenters. The second kappa shape index (κ2) is 7.79. The zero-order chi connectivity index (χ0) is 19.3. The summed E-state index contributed by atoms with van der Waals surface area (Å²) >= 11 is 0. The van der Waals surface area contributed by atoms with Gasteiger partial charge >= 0.3 is 0 Å². The highest BCUT2D eigenvalue weighted by Gasteiger charge is 2.12. The number of pyridine rings is 1. The van der Waals surface area contributed by atoms with Crippen LogP contribution in [0.4, 0.5) is 28.7 Å². The molecule has 4 N–H and O–H groups in total. The molecule has 140 valence electrons. The molecule has 7 nitrogen and oxygen atoms in total. The summed E-state index contributed by atoms with van der Waals surface area (Å²) in [5.41, 5.74) is 9.30. The fourth-order valence-electron chi connectivity index (χ4n) is 2.91. The maximum Gasteiger partial charge on any atom is 0.159 e. The Morgan fingerprint density at radius 1 is 0.857 bits per heavy atom. The molecule has 0 radical (unpaired) electrons. The molecule has 0 fully saturated rings. The zero-order valence-electron chi connectivity index (χ0n) is 15.4. The quantitative estimate of drug-likeness (QED) is 0.458. The Balaban J connectivity index is 1.66. The number of aromatic nitrogens is 3. The molecule has 4 aromatic rings. The van der Waals surface area contributed by atoms with Crippen LogP contribution in [0.15, 0.2) is 67.1 Å². The lowest BCUT2D eigenvalue weighted by atomic mass is 10.2. The maximum absolute atomic E-state index is 6.34. The molecule has 0 spiro atoms. The number of benzene rings is 2. The highest BCUT2D eigenvalue weighted by Crippen LogP contribution is 2.33. The molecule has 0 saturated heterocycles. The normalized spacial score (nSPS) is 10.6. The summed E-state index contributed by atoms with van der Waals surface area (Å²) in [5, 5.41) is 7.51. The summed E-state index contributed by atoms with van der Waals surface area (Å²) in [4.78, 5) is 13.0. The molecular weight excluding hydrogens is 352 g/mol. The topological polar surface area (TPSA) is 98.0 Å². The molecule has 0 amide bonds. The van der Waals surface area contributed by atoms with Gasteiger partial charge in [0.05, 0.1) is 17.8 Å². The number of nitrogens with one attached hydrogen (secondary N) is 2. The monoisotopic (exact) mass is 372 g/mol. The van der Waals surface area contributed by atoms with E-state index in [2.05, 4.69) is 25.6 Å². The Morgan fingerprint density at radius 2 is 1.61 bits per heavy atom. The summed E-state index contributed by atoms with van der Waals surface area (Å²) in [6, 6.07) is 17.4. The molecule has 0 unspecified atom stereocenters. The van der Waals surface area contributed by atoms with Crippen molar-refractivity contribution >= 4 is 39.6 Å². The van der Waals surface area contributed by atoms with Gasteiger partial charge < -0.3 is 21.1 Å². The van der Waals surface area contributed by atoms with Crippen molar-refractivity contribution in [3.05, 3.63) is 67.1 Å². The Labute approximate surface area is 162 Å². The van der Waals surface area contributed by atoms with Crippen LogP contribution >= 0.6 is 0 Å². The van der Waals surface area contributed by atoms with E-state index in [4.69, 9.17) is 10.5 Å². The number of anilines is 5. The standard InChI is InChI=1S/C21H20N6O/c1-2-28-18-11-4-3-8-17(18)27-21-19(22)20(24-13-25-21)26-16-10-5-9-15-14(16)7-6-12-23-15/h3-13H,2,22H2,1H3,(H2,24,25,26,27). The van der Waals surface area contributed by atoms with Gasteiger partial charge in [-0.05, 0) is 43.3 Å². The molecular formula is C21H20N6O. The van der Waals surface area contributed by atoms with Crippen LogP contribution in [0, 0.1) is 0 Å². The average Bonchev–Trinajstić information content (AvgIpc) is 2.73. The summed E-state index contributed by atoms with van der Waals surface area (Å²) in [6.07, 6.45) is 3.23. The first-order chi connectivity index (χ1) is 13.8. The van der Waals surface area contributed by atoms with E-state index in [1.54, 1.807) is 6.20 Å². The van der Waals surface area contributed by atoms with E-state index in [1.807, 2.05) is 61.5 Å². The Kier molecular flexibility index (Phi) is 4.88. The smallest absolute Gasteiger partial charge is 0.159 e. The molecule has 0 bridgehead atoms. The van der Waals surface area contributed by atoms with Crippen LogP contribution in [0.2, 0.25) is 0 Å². The van der Waals surface area contributed by atoms with Gasteiger partial charge in [0.1, 0.15) is 17.8 Å². The maximum atomic E-state index is 6.34. The van der Waals surface area contributed by atoms with Crippen molar-refractivity contribution in [3.8, 4) is 5.75 Å². The van der Waals surface area contributed by atoms with Crippen LogP contribution in [0.3, 0.4) is 0 Å². The van der Waals surface area contributed by atoms with Crippen molar-refractivity contribution in [2.24, 2.45) is 0 Å². The molecule has 2 aromatic heterocycles. The van der Waals surface area contributed by atoms with Gasteiger partial charge in [0, 0.05) is 17.3 Å². The van der Waals surface area contributed by atoms with E-state index >= 15 is 0 Å². The van der Waals surface area contributed by atoms with Gasteiger partial charge in [-0.2, -0.15) is 0 Å². The number of nitrogens with two attached hydrogens (primary N) is 1. The number of hydrogen-bond donors (Lipinski definition) is 3. The van der Waals surface area contributed by atoms with Gasteiger partial charge in [0.15, 0.2) is 11.6 Å². The lowest BCUT2D eigenvalue weighted by Crippen LogP contribution is -2.06. The van der Waals surface area contributed by atoms with Crippen LogP contribution in [0.25, 0.3) is 10.9 Å². The number of hydrogen-bond acceptors (Lipinski definition) is 7. The molecule has 0 aliphatic heterocycles. The van der Waals surface area contributed by atoms with Gasteiger partial charge in [-0.15, -0.1) is 0 Å². The molecule has 2 aromatic carbocycles. The first kappa shape index (κ1) is 17.5. The summed E-state index contributed by atoms with van der Waals surface area (Å²) in [5.74, 6) is 1.75. The van der Waals surface area contributed by atoms with Crippen molar-refractivity contribution in [2.75, 3.05) is 23.0 Å². The second-order valence-electron chi connectivity index (χ2n) is 6.04. The Hall–Kier alpha value is -3.87. The van der Waals surface area contributed by atoms with Gasteiger partial charge in [-0.3, -0.25) is 4.98 Å². The highest BCUT2D eigenvalue weighted by molar-refractivity contribution is 5.94. The van der Waals surface area contributed by atoms with E-state index in [1.165, 1.54) is 6.33 Å². The van der Waals surface area contributed by atoms with Gasteiger partial charge in [-0.1, -0.05) is 18.2 Å². The van der Waals surface area contributed by atoms with Gasteiger partial charge in [0.25, 0.3) is 0 Å². The Bertz CT molecular complexity index is 1110. The molecule has 4 rings (SSSR count). The fourth-order valence-corrected chi connectivity index (χ4v) is 2.91.